The fourth-order valence-electron chi connectivity index (χ4n) is 4.05. The first-order valence-electron chi connectivity index (χ1n) is 10.6. The molecule has 0 bridgehead atoms. The van der Waals surface area contributed by atoms with Gasteiger partial charge in [0, 0.05) is 30.4 Å². The summed E-state index contributed by atoms with van der Waals surface area (Å²) in [7, 11) is 3.81. The van der Waals surface area contributed by atoms with E-state index in [0.717, 1.165) is 10.4 Å². The van der Waals surface area contributed by atoms with Gasteiger partial charge in [-0.2, -0.15) is 0 Å². The Morgan fingerprint density at radius 1 is 1.06 bits per heavy atom. The van der Waals surface area contributed by atoms with Crippen molar-refractivity contribution < 1.29 is 19.1 Å². The summed E-state index contributed by atoms with van der Waals surface area (Å²) in [6.45, 7) is 0. The molecule has 1 fully saturated rings. The smallest absolute Gasteiger partial charge is 0.301 e. The van der Waals surface area contributed by atoms with Crippen LogP contribution in [0.4, 0.5) is 15.2 Å². The van der Waals surface area contributed by atoms with Crippen LogP contribution in [0.15, 0.2) is 72.3 Å². The van der Waals surface area contributed by atoms with Crippen LogP contribution in [-0.4, -0.2) is 35.9 Å². The number of nitrogens with zero attached hydrogens (tertiary/aromatic N) is 3. The number of anilines is 2. The second kappa shape index (κ2) is 8.79. The Hall–Kier alpha value is -3.75. The van der Waals surface area contributed by atoms with Crippen LogP contribution in [0.2, 0.25) is 5.02 Å². The molecule has 1 saturated heterocycles. The number of aliphatic hydroxyl groups excluding tert-OH is 1. The lowest BCUT2D eigenvalue weighted by molar-refractivity contribution is -0.132. The highest BCUT2D eigenvalue weighted by Gasteiger charge is 2.48. The van der Waals surface area contributed by atoms with E-state index in [-0.39, 0.29) is 16.9 Å². The Bertz CT molecular complexity index is 1500. The summed E-state index contributed by atoms with van der Waals surface area (Å²) in [5.74, 6) is -2.51. The molecule has 4 aromatic rings. The van der Waals surface area contributed by atoms with Gasteiger partial charge in [0.15, 0.2) is 5.13 Å². The van der Waals surface area contributed by atoms with Gasteiger partial charge in [0.1, 0.15) is 11.6 Å². The normalized spacial score (nSPS) is 17.4. The number of carbonyl (C=O) groups is 2. The second-order valence-corrected chi connectivity index (χ2v) is 9.72. The number of fused-ring (bicyclic) bond motifs is 1. The Balaban J connectivity index is 1.71. The van der Waals surface area contributed by atoms with E-state index < -0.39 is 23.5 Å². The molecule has 1 aliphatic rings. The molecule has 176 valence electrons. The highest BCUT2D eigenvalue weighted by Crippen LogP contribution is 2.44. The molecule has 0 radical (unpaired) electrons. The van der Waals surface area contributed by atoms with E-state index in [1.54, 1.807) is 30.3 Å². The Kier molecular flexibility index (Phi) is 5.78. The number of amides is 1. The summed E-state index contributed by atoms with van der Waals surface area (Å²) in [5, 5.41) is 12.0. The van der Waals surface area contributed by atoms with Crippen molar-refractivity contribution in [2.75, 3.05) is 23.9 Å². The standard InChI is InChI=1S/C26H19ClFN3O3S/c1-30(2)18-10-5-14(6-11-18)22-21(23(32)15-3-8-17(28)9-4-15)24(33)25(34)31(22)26-29-19-12-7-16(27)13-20(19)35-26/h3-13,22,32H,1-2H3. The number of hydrogen-bond donors (Lipinski definition) is 1. The average Bonchev–Trinajstić information content (AvgIpc) is 3.37. The number of benzene rings is 3. The molecule has 1 amide bonds. The van der Waals surface area contributed by atoms with Crippen molar-refractivity contribution in [3.05, 3.63) is 94.3 Å². The van der Waals surface area contributed by atoms with Crippen LogP contribution in [0.1, 0.15) is 17.2 Å². The van der Waals surface area contributed by atoms with Crippen LogP contribution < -0.4 is 9.80 Å². The van der Waals surface area contributed by atoms with Gasteiger partial charge in [-0.15, -0.1) is 0 Å². The summed E-state index contributed by atoms with van der Waals surface area (Å²) in [5.41, 5.74) is 2.33. The molecule has 0 spiro atoms. The summed E-state index contributed by atoms with van der Waals surface area (Å²) in [6.07, 6.45) is 0. The maximum atomic E-state index is 13.5. The number of Topliss-reactive ketones (excluding diaryl/α,β-unsaturated/α-hetero) is 1. The quantitative estimate of drug-likeness (QED) is 0.215. The highest BCUT2D eigenvalue weighted by atomic mass is 35.5. The minimum atomic E-state index is -0.924. The first-order chi connectivity index (χ1) is 16.7. The second-order valence-electron chi connectivity index (χ2n) is 8.27. The zero-order valence-electron chi connectivity index (χ0n) is 18.7. The van der Waals surface area contributed by atoms with Gasteiger partial charge in [-0.3, -0.25) is 14.5 Å². The van der Waals surface area contributed by atoms with Crippen molar-refractivity contribution >= 4 is 61.4 Å². The maximum absolute atomic E-state index is 13.5. The van der Waals surface area contributed by atoms with Crippen molar-refractivity contribution in [1.29, 1.82) is 0 Å². The third-order valence-electron chi connectivity index (χ3n) is 5.83. The van der Waals surface area contributed by atoms with Crippen molar-refractivity contribution in [3.8, 4) is 0 Å². The SMILES string of the molecule is CN(C)c1ccc(C2C(=C(O)c3ccc(F)cc3)C(=O)C(=O)N2c2nc3ccc(Cl)cc3s2)cc1. The minimum Gasteiger partial charge on any atom is -0.507 e. The molecule has 3 aromatic carbocycles. The lowest BCUT2D eigenvalue weighted by Crippen LogP contribution is -2.29. The molecule has 0 saturated carbocycles. The zero-order chi connectivity index (χ0) is 24.9. The summed E-state index contributed by atoms with van der Waals surface area (Å²) < 4.78 is 14.2. The van der Waals surface area contributed by atoms with Crippen molar-refractivity contribution in [1.82, 2.24) is 4.98 Å². The first kappa shape index (κ1) is 23.0. The molecule has 9 heteroatoms. The molecular weight excluding hydrogens is 489 g/mol. The predicted molar refractivity (Wildman–Crippen MR) is 137 cm³/mol. The van der Waals surface area contributed by atoms with Crippen LogP contribution >= 0.6 is 22.9 Å². The van der Waals surface area contributed by atoms with Crippen molar-refractivity contribution in [2.24, 2.45) is 0 Å². The predicted octanol–water partition coefficient (Wildman–Crippen LogP) is 5.78. The molecule has 0 aliphatic carbocycles. The zero-order valence-corrected chi connectivity index (χ0v) is 20.3. The third kappa shape index (κ3) is 4.05. The molecule has 1 aliphatic heterocycles. The van der Waals surface area contributed by atoms with Crippen molar-refractivity contribution in [3.63, 3.8) is 0 Å². The molecule has 1 atom stereocenters. The summed E-state index contributed by atoms with van der Waals surface area (Å²) >= 11 is 7.35. The molecule has 35 heavy (non-hydrogen) atoms. The molecule has 6 nitrogen and oxygen atoms in total. The fourth-order valence-corrected chi connectivity index (χ4v) is 5.32. The van der Waals surface area contributed by atoms with Gasteiger partial charge in [-0.05, 0) is 60.2 Å². The molecule has 5 rings (SSSR count). The van der Waals surface area contributed by atoms with Gasteiger partial charge in [-0.1, -0.05) is 35.1 Å². The lowest BCUT2D eigenvalue weighted by atomic mass is 9.95. The number of carbonyl (C=O) groups excluding carboxylic acids is 2. The molecule has 2 heterocycles. The fraction of sp³-hybridized carbons (Fsp3) is 0.115. The van der Waals surface area contributed by atoms with Crippen molar-refractivity contribution in [2.45, 2.75) is 6.04 Å². The van der Waals surface area contributed by atoms with E-state index in [1.807, 2.05) is 31.1 Å². The number of aliphatic hydroxyl groups is 1. The minimum absolute atomic E-state index is 0.0866. The van der Waals surface area contributed by atoms with Gasteiger partial charge >= 0.3 is 5.91 Å². The largest absolute Gasteiger partial charge is 0.507 e. The lowest BCUT2D eigenvalue weighted by Gasteiger charge is -2.23. The van der Waals surface area contributed by atoms with Gasteiger partial charge in [0.25, 0.3) is 5.78 Å². The number of thiazole rings is 1. The van der Waals surface area contributed by atoms with Crippen LogP contribution in [0, 0.1) is 5.82 Å². The van der Waals surface area contributed by atoms with E-state index in [4.69, 9.17) is 11.6 Å². The Morgan fingerprint density at radius 2 is 1.74 bits per heavy atom. The highest BCUT2D eigenvalue weighted by molar-refractivity contribution is 7.22. The van der Waals surface area contributed by atoms with E-state index >= 15 is 0 Å². The Labute approximate surface area is 209 Å². The summed E-state index contributed by atoms with van der Waals surface area (Å²) in [6, 6.07) is 16.7. The monoisotopic (exact) mass is 507 g/mol. The van der Waals surface area contributed by atoms with Gasteiger partial charge in [0.2, 0.25) is 0 Å². The number of aromatic nitrogens is 1. The number of halogens is 2. The van der Waals surface area contributed by atoms with Gasteiger partial charge in [-0.25, -0.2) is 9.37 Å². The van der Waals surface area contributed by atoms with Crippen LogP contribution in [0.25, 0.3) is 16.0 Å². The third-order valence-corrected chi connectivity index (χ3v) is 7.09. The van der Waals surface area contributed by atoms with E-state index in [0.29, 0.717) is 21.2 Å². The Morgan fingerprint density at radius 3 is 2.40 bits per heavy atom. The topological polar surface area (TPSA) is 73.7 Å². The van der Waals surface area contributed by atoms with E-state index in [1.165, 1.54) is 40.5 Å². The number of ketones is 1. The van der Waals surface area contributed by atoms with Crippen LogP contribution in [0.5, 0.6) is 0 Å². The first-order valence-corrected chi connectivity index (χ1v) is 11.8. The number of hydrogen-bond acceptors (Lipinski definition) is 6. The number of rotatable bonds is 4. The summed E-state index contributed by atoms with van der Waals surface area (Å²) in [4.78, 5) is 34.4. The van der Waals surface area contributed by atoms with Gasteiger partial charge in [0.05, 0.1) is 21.8 Å². The molecule has 1 N–H and O–H groups in total. The van der Waals surface area contributed by atoms with E-state index in [2.05, 4.69) is 4.98 Å². The van der Waals surface area contributed by atoms with Crippen LogP contribution in [-0.2, 0) is 9.59 Å². The average molecular weight is 508 g/mol. The molecule has 1 unspecified atom stereocenters. The van der Waals surface area contributed by atoms with Crippen LogP contribution in [0.3, 0.4) is 0 Å². The molecular formula is C26H19ClFN3O3S. The maximum Gasteiger partial charge on any atom is 0.301 e. The van der Waals surface area contributed by atoms with Gasteiger partial charge < -0.3 is 10.0 Å². The molecule has 1 aromatic heterocycles. The van der Waals surface area contributed by atoms with E-state index in [9.17, 15) is 19.1 Å².